The maximum Gasteiger partial charge on any atom is 0.317 e. The smallest absolute Gasteiger partial charge is 0.317 e. The molecule has 6 nitrogen and oxygen atoms in total. The molecule has 0 spiro atoms. The third-order valence-corrected chi connectivity index (χ3v) is 4.38. The van der Waals surface area contributed by atoms with E-state index in [1.165, 1.54) is 0 Å². The minimum Gasteiger partial charge on any atom is -0.371 e. The summed E-state index contributed by atoms with van der Waals surface area (Å²) in [5, 5.41) is 2.92. The lowest BCUT2D eigenvalue weighted by Gasteiger charge is -2.37. The van der Waals surface area contributed by atoms with Gasteiger partial charge >= 0.3 is 6.03 Å². The number of anilines is 1. The number of urea groups is 1. The Morgan fingerprint density at radius 1 is 1.26 bits per heavy atom. The van der Waals surface area contributed by atoms with Crippen LogP contribution in [0, 0.1) is 0 Å². The highest BCUT2D eigenvalue weighted by molar-refractivity contribution is 5.93. The molecule has 6 heteroatoms. The second-order valence-corrected chi connectivity index (χ2v) is 5.97. The van der Waals surface area contributed by atoms with Crippen LogP contribution in [0.4, 0.5) is 10.5 Å². The van der Waals surface area contributed by atoms with Crippen molar-refractivity contribution in [1.82, 2.24) is 10.2 Å². The highest BCUT2D eigenvalue weighted by Gasteiger charge is 2.25. The van der Waals surface area contributed by atoms with Crippen LogP contribution in [0.3, 0.4) is 0 Å². The molecule has 0 aromatic heterocycles. The quantitative estimate of drug-likeness (QED) is 0.869. The Labute approximate surface area is 137 Å². The number of carbonyl (C=O) groups excluding carboxylic acids is 2. The van der Waals surface area contributed by atoms with Crippen LogP contribution in [0.5, 0.6) is 0 Å². The number of hydrogen-bond donors (Lipinski definition) is 2. The van der Waals surface area contributed by atoms with E-state index in [0.717, 1.165) is 38.0 Å². The molecule has 0 aliphatic carbocycles. The molecule has 1 fully saturated rings. The summed E-state index contributed by atoms with van der Waals surface area (Å²) in [6.45, 7) is 4.55. The van der Waals surface area contributed by atoms with Crippen molar-refractivity contribution in [3.05, 3.63) is 29.8 Å². The number of carbonyl (C=O) groups is 2. The van der Waals surface area contributed by atoms with Crippen LogP contribution in [-0.4, -0.2) is 49.6 Å². The summed E-state index contributed by atoms with van der Waals surface area (Å²) >= 11 is 0. The number of hydrogen-bond acceptors (Lipinski definition) is 3. The number of nitrogens with one attached hydrogen (secondary N) is 1. The molecule has 1 saturated heterocycles. The summed E-state index contributed by atoms with van der Waals surface area (Å²) in [5.41, 5.74) is 6.87. The van der Waals surface area contributed by atoms with Gasteiger partial charge in [-0.15, -0.1) is 0 Å². The third-order valence-electron chi connectivity index (χ3n) is 4.38. The zero-order valence-corrected chi connectivity index (χ0v) is 13.9. The number of primary amides is 1. The van der Waals surface area contributed by atoms with E-state index in [1.807, 2.05) is 31.0 Å². The van der Waals surface area contributed by atoms with Gasteiger partial charge in [0.1, 0.15) is 0 Å². The van der Waals surface area contributed by atoms with Crippen LogP contribution in [0.1, 0.15) is 36.5 Å². The van der Waals surface area contributed by atoms with Crippen LogP contribution in [0.15, 0.2) is 24.3 Å². The molecule has 1 aliphatic heterocycles. The molecule has 3 amide bonds. The van der Waals surface area contributed by atoms with Crippen LogP contribution in [-0.2, 0) is 0 Å². The van der Waals surface area contributed by atoms with E-state index in [4.69, 9.17) is 5.73 Å². The van der Waals surface area contributed by atoms with Crippen molar-refractivity contribution in [2.75, 3.05) is 31.6 Å². The van der Waals surface area contributed by atoms with Crippen molar-refractivity contribution < 1.29 is 9.59 Å². The van der Waals surface area contributed by atoms with Gasteiger partial charge < -0.3 is 20.9 Å². The average molecular weight is 318 g/mol. The van der Waals surface area contributed by atoms with Gasteiger partial charge in [-0.1, -0.05) is 6.92 Å². The minimum atomic E-state index is -0.407. The molecule has 0 unspecified atom stereocenters. The molecular formula is C17H26N4O2. The fourth-order valence-corrected chi connectivity index (χ4v) is 2.87. The van der Waals surface area contributed by atoms with Crippen LogP contribution >= 0.6 is 0 Å². The lowest BCUT2D eigenvalue weighted by molar-refractivity contribution is 0.100. The van der Waals surface area contributed by atoms with Gasteiger partial charge in [-0.25, -0.2) is 4.79 Å². The summed E-state index contributed by atoms with van der Waals surface area (Å²) < 4.78 is 0. The predicted octanol–water partition coefficient (Wildman–Crippen LogP) is 1.81. The molecule has 1 aromatic carbocycles. The van der Waals surface area contributed by atoms with Crippen LogP contribution in [0.2, 0.25) is 0 Å². The highest BCUT2D eigenvalue weighted by Crippen LogP contribution is 2.22. The van der Waals surface area contributed by atoms with Gasteiger partial charge in [-0.05, 0) is 43.5 Å². The normalized spacial score (nSPS) is 15.3. The second kappa shape index (κ2) is 7.85. The molecule has 3 N–H and O–H groups in total. The van der Waals surface area contributed by atoms with E-state index in [0.29, 0.717) is 12.1 Å². The Hall–Kier alpha value is -2.24. The van der Waals surface area contributed by atoms with E-state index in [2.05, 4.69) is 10.2 Å². The molecule has 2 rings (SSSR count). The summed E-state index contributed by atoms with van der Waals surface area (Å²) in [6.07, 6.45) is 2.82. The Morgan fingerprint density at radius 2 is 1.87 bits per heavy atom. The molecule has 126 valence electrons. The standard InChI is InChI=1S/C17H26N4O2/c1-3-10-19-17(23)20(2)14-8-11-21(12-9-14)15-6-4-13(5-7-15)16(18)22/h4-7,14H,3,8-12H2,1-2H3,(H2,18,22)(H,19,23). The minimum absolute atomic E-state index is 0.0103. The number of benzene rings is 1. The molecule has 0 bridgehead atoms. The van der Waals surface area contributed by atoms with Crippen LogP contribution < -0.4 is 16.0 Å². The number of nitrogens with two attached hydrogens (primary N) is 1. The maximum atomic E-state index is 12.0. The number of rotatable bonds is 5. The number of amides is 3. The topological polar surface area (TPSA) is 78.7 Å². The first-order chi connectivity index (χ1) is 11.0. The first kappa shape index (κ1) is 17.1. The van der Waals surface area contributed by atoms with Gasteiger partial charge in [-0.3, -0.25) is 4.79 Å². The van der Waals surface area contributed by atoms with Crippen molar-refractivity contribution in [3.63, 3.8) is 0 Å². The van der Waals surface area contributed by atoms with Crippen molar-refractivity contribution in [2.24, 2.45) is 5.73 Å². The van der Waals surface area contributed by atoms with Crippen LogP contribution in [0.25, 0.3) is 0 Å². The molecule has 0 radical (unpaired) electrons. The first-order valence-electron chi connectivity index (χ1n) is 8.18. The van der Waals surface area contributed by atoms with Gasteiger partial charge in [0.2, 0.25) is 5.91 Å². The molecule has 0 saturated carbocycles. The van der Waals surface area contributed by atoms with Gasteiger partial charge in [-0.2, -0.15) is 0 Å². The molecule has 1 heterocycles. The average Bonchev–Trinajstić information content (AvgIpc) is 2.59. The fourth-order valence-electron chi connectivity index (χ4n) is 2.87. The van der Waals surface area contributed by atoms with Gasteiger partial charge in [0, 0.05) is 44.0 Å². The van der Waals surface area contributed by atoms with Crippen molar-refractivity contribution in [2.45, 2.75) is 32.2 Å². The lowest BCUT2D eigenvalue weighted by atomic mass is 10.0. The molecule has 23 heavy (non-hydrogen) atoms. The molecule has 1 aromatic rings. The SMILES string of the molecule is CCCNC(=O)N(C)C1CCN(c2ccc(C(N)=O)cc2)CC1. The summed E-state index contributed by atoms with van der Waals surface area (Å²) in [7, 11) is 1.87. The van der Waals surface area contributed by atoms with E-state index < -0.39 is 5.91 Å². The number of nitrogens with zero attached hydrogens (tertiary/aromatic N) is 2. The maximum absolute atomic E-state index is 12.0. The molecule has 0 atom stereocenters. The summed E-state index contributed by atoms with van der Waals surface area (Å²) in [4.78, 5) is 27.2. The van der Waals surface area contributed by atoms with Crippen molar-refractivity contribution in [3.8, 4) is 0 Å². The Bertz CT molecular complexity index is 536. The zero-order valence-electron chi connectivity index (χ0n) is 13.9. The van der Waals surface area contributed by atoms with Gasteiger partial charge in [0.05, 0.1) is 0 Å². The predicted molar refractivity (Wildman–Crippen MR) is 91.6 cm³/mol. The largest absolute Gasteiger partial charge is 0.371 e. The Morgan fingerprint density at radius 3 is 2.39 bits per heavy atom. The van der Waals surface area contributed by atoms with Gasteiger partial charge in [0.15, 0.2) is 0 Å². The lowest BCUT2D eigenvalue weighted by Crippen LogP contribution is -2.49. The van der Waals surface area contributed by atoms with Crippen molar-refractivity contribution in [1.29, 1.82) is 0 Å². The number of piperidine rings is 1. The summed E-state index contributed by atoms with van der Waals surface area (Å²) in [5.74, 6) is -0.407. The van der Waals surface area contributed by atoms with Crippen molar-refractivity contribution >= 4 is 17.6 Å². The van der Waals surface area contributed by atoms with E-state index >= 15 is 0 Å². The fraction of sp³-hybridized carbons (Fsp3) is 0.529. The van der Waals surface area contributed by atoms with E-state index in [9.17, 15) is 9.59 Å². The molecule has 1 aliphatic rings. The molecular weight excluding hydrogens is 292 g/mol. The monoisotopic (exact) mass is 318 g/mol. The van der Waals surface area contributed by atoms with E-state index in [-0.39, 0.29) is 12.1 Å². The third kappa shape index (κ3) is 4.37. The zero-order chi connectivity index (χ0) is 16.8. The second-order valence-electron chi connectivity index (χ2n) is 5.97. The highest BCUT2D eigenvalue weighted by atomic mass is 16.2. The van der Waals surface area contributed by atoms with Gasteiger partial charge in [0.25, 0.3) is 0 Å². The first-order valence-corrected chi connectivity index (χ1v) is 8.18. The Balaban J connectivity index is 1.88. The Kier molecular flexibility index (Phi) is 5.84. The van der Waals surface area contributed by atoms with E-state index in [1.54, 1.807) is 12.1 Å². The summed E-state index contributed by atoms with van der Waals surface area (Å²) in [6, 6.07) is 7.65.